The first-order valence-corrected chi connectivity index (χ1v) is 9.83. The Bertz CT molecular complexity index is 961. The lowest BCUT2D eigenvalue weighted by Crippen LogP contribution is -2.54. The third-order valence-corrected chi connectivity index (χ3v) is 5.29. The number of amides is 2. The summed E-state index contributed by atoms with van der Waals surface area (Å²) in [5.41, 5.74) is 0.488. The lowest BCUT2D eigenvalue weighted by Gasteiger charge is -2.28. The van der Waals surface area contributed by atoms with Crippen molar-refractivity contribution in [3.05, 3.63) is 52.8 Å². The van der Waals surface area contributed by atoms with Crippen LogP contribution in [0.4, 0.5) is 11.6 Å². The zero-order valence-corrected chi connectivity index (χ0v) is 16.6. The quantitative estimate of drug-likeness (QED) is 0.469. The smallest absolute Gasteiger partial charge is 0.270 e. The molecule has 144 valence electrons. The molecule has 2 amide bonds. The van der Waals surface area contributed by atoms with Crippen molar-refractivity contribution in [2.75, 3.05) is 22.9 Å². The standard InChI is InChI=1S/C20H18ClN3O3S/c21-13-4-6-14(7-5-13)24-19(26)16(18(25)22-20(24)28)12-15-8-9-17(27-15)23-10-2-1-3-11-23/h4-9,12H,1-3,10-11H2,(H,22,25,28)/b16-12-. The third-order valence-electron chi connectivity index (χ3n) is 4.75. The molecule has 0 spiro atoms. The molecule has 8 heteroatoms. The summed E-state index contributed by atoms with van der Waals surface area (Å²) in [4.78, 5) is 28.8. The zero-order valence-electron chi connectivity index (χ0n) is 15.0. The number of hydrogen-bond donors (Lipinski definition) is 1. The molecule has 1 aromatic heterocycles. The molecule has 2 aliphatic rings. The van der Waals surface area contributed by atoms with Crippen LogP contribution < -0.4 is 15.1 Å². The summed E-state index contributed by atoms with van der Waals surface area (Å²) in [5.74, 6) is 0.145. The number of thiocarbonyl (C=S) groups is 1. The van der Waals surface area contributed by atoms with Crippen LogP contribution in [0.2, 0.25) is 5.02 Å². The number of carbonyl (C=O) groups is 2. The Morgan fingerprint density at radius 3 is 2.46 bits per heavy atom. The summed E-state index contributed by atoms with van der Waals surface area (Å²) in [5, 5.41) is 3.13. The van der Waals surface area contributed by atoms with Gasteiger partial charge in [0, 0.05) is 24.2 Å². The molecule has 3 heterocycles. The maximum Gasteiger partial charge on any atom is 0.270 e. The minimum absolute atomic E-state index is 0.0305. The van der Waals surface area contributed by atoms with Crippen LogP contribution in [-0.4, -0.2) is 30.0 Å². The molecule has 0 unspecified atom stereocenters. The van der Waals surface area contributed by atoms with Gasteiger partial charge in [0.2, 0.25) is 0 Å². The Balaban J connectivity index is 1.61. The summed E-state index contributed by atoms with van der Waals surface area (Å²) in [7, 11) is 0. The van der Waals surface area contributed by atoms with E-state index >= 15 is 0 Å². The van der Waals surface area contributed by atoms with E-state index in [1.807, 2.05) is 6.07 Å². The SMILES string of the molecule is O=C1NC(=S)N(c2ccc(Cl)cc2)C(=O)/C1=C\c1ccc(N2CCCCC2)o1. The van der Waals surface area contributed by atoms with Gasteiger partial charge in [0.05, 0.1) is 5.69 Å². The van der Waals surface area contributed by atoms with Crippen LogP contribution in [0.5, 0.6) is 0 Å². The molecule has 0 saturated carbocycles. The van der Waals surface area contributed by atoms with Gasteiger partial charge in [-0.1, -0.05) is 11.6 Å². The average Bonchev–Trinajstić information content (AvgIpc) is 3.16. The summed E-state index contributed by atoms with van der Waals surface area (Å²) >= 11 is 11.1. The zero-order chi connectivity index (χ0) is 19.7. The van der Waals surface area contributed by atoms with Crippen molar-refractivity contribution in [1.82, 2.24) is 5.32 Å². The third kappa shape index (κ3) is 3.68. The van der Waals surface area contributed by atoms with E-state index in [9.17, 15) is 9.59 Å². The Labute approximate surface area is 172 Å². The Kier molecular flexibility index (Phi) is 5.19. The van der Waals surface area contributed by atoms with Crippen LogP contribution in [0.3, 0.4) is 0 Å². The fourth-order valence-corrected chi connectivity index (χ4v) is 3.74. The molecular weight excluding hydrogens is 398 g/mol. The first-order valence-electron chi connectivity index (χ1n) is 9.05. The van der Waals surface area contributed by atoms with E-state index in [4.69, 9.17) is 28.2 Å². The van der Waals surface area contributed by atoms with Crippen LogP contribution in [0.1, 0.15) is 25.0 Å². The molecule has 0 aliphatic carbocycles. The summed E-state index contributed by atoms with van der Waals surface area (Å²) in [6, 6.07) is 10.3. The Morgan fingerprint density at radius 1 is 1.04 bits per heavy atom. The van der Waals surface area contributed by atoms with Crippen molar-refractivity contribution in [2.24, 2.45) is 0 Å². The maximum absolute atomic E-state index is 13.0. The van der Waals surface area contributed by atoms with Gasteiger partial charge < -0.3 is 9.32 Å². The van der Waals surface area contributed by atoms with Gasteiger partial charge >= 0.3 is 0 Å². The topological polar surface area (TPSA) is 65.8 Å². The van der Waals surface area contributed by atoms with Crippen molar-refractivity contribution in [3.63, 3.8) is 0 Å². The molecule has 1 aromatic carbocycles. The predicted molar refractivity (Wildman–Crippen MR) is 112 cm³/mol. The van der Waals surface area contributed by atoms with Gasteiger partial charge in [-0.05, 0) is 67.9 Å². The number of anilines is 2. The van der Waals surface area contributed by atoms with E-state index in [0.717, 1.165) is 31.8 Å². The van der Waals surface area contributed by atoms with Crippen molar-refractivity contribution in [1.29, 1.82) is 0 Å². The minimum atomic E-state index is -0.545. The first-order chi connectivity index (χ1) is 13.5. The normalized spacial score (nSPS) is 19.3. The molecule has 2 fully saturated rings. The van der Waals surface area contributed by atoms with Gasteiger partial charge in [-0.25, -0.2) is 0 Å². The van der Waals surface area contributed by atoms with E-state index in [0.29, 0.717) is 16.5 Å². The van der Waals surface area contributed by atoms with E-state index in [1.54, 1.807) is 30.3 Å². The maximum atomic E-state index is 13.0. The van der Waals surface area contributed by atoms with E-state index in [1.165, 1.54) is 17.4 Å². The highest BCUT2D eigenvalue weighted by Gasteiger charge is 2.34. The number of nitrogens with zero attached hydrogens (tertiary/aromatic N) is 2. The van der Waals surface area contributed by atoms with E-state index in [-0.39, 0.29) is 10.7 Å². The fourth-order valence-electron chi connectivity index (χ4n) is 3.33. The predicted octanol–water partition coefficient (Wildman–Crippen LogP) is 3.75. The second kappa shape index (κ2) is 7.77. The molecule has 4 rings (SSSR count). The highest BCUT2D eigenvalue weighted by molar-refractivity contribution is 7.80. The molecule has 28 heavy (non-hydrogen) atoms. The molecular formula is C20H18ClN3O3S. The first kappa shape index (κ1) is 18.7. The van der Waals surface area contributed by atoms with Crippen LogP contribution in [0.15, 0.2) is 46.4 Å². The number of hydrogen-bond acceptors (Lipinski definition) is 5. The van der Waals surface area contributed by atoms with Gasteiger partial charge in [-0.3, -0.25) is 19.8 Å². The number of nitrogens with one attached hydrogen (secondary N) is 1. The second-order valence-corrected chi connectivity index (χ2v) is 7.48. The fraction of sp³-hybridized carbons (Fsp3) is 0.250. The molecule has 6 nitrogen and oxygen atoms in total. The molecule has 2 saturated heterocycles. The molecule has 0 radical (unpaired) electrons. The summed E-state index contributed by atoms with van der Waals surface area (Å²) < 4.78 is 5.85. The molecule has 0 atom stereocenters. The summed E-state index contributed by atoms with van der Waals surface area (Å²) in [6.07, 6.45) is 4.94. The van der Waals surface area contributed by atoms with Crippen molar-refractivity contribution < 1.29 is 14.0 Å². The molecule has 2 aliphatic heterocycles. The van der Waals surface area contributed by atoms with E-state index < -0.39 is 11.8 Å². The number of rotatable bonds is 3. The Morgan fingerprint density at radius 2 is 1.75 bits per heavy atom. The van der Waals surface area contributed by atoms with Crippen LogP contribution in [0, 0.1) is 0 Å². The van der Waals surface area contributed by atoms with Crippen LogP contribution >= 0.6 is 23.8 Å². The van der Waals surface area contributed by atoms with Crippen molar-refractivity contribution >= 4 is 58.4 Å². The van der Waals surface area contributed by atoms with E-state index in [2.05, 4.69) is 10.2 Å². The van der Waals surface area contributed by atoms with Gasteiger partial charge in [0.1, 0.15) is 11.3 Å². The number of piperidine rings is 1. The molecule has 0 bridgehead atoms. The monoisotopic (exact) mass is 415 g/mol. The number of carbonyl (C=O) groups excluding carboxylic acids is 2. The number of benzene rings is 1. The van der Waals surface area contributed by atoms with Gasteiger partial charge in [0.15, 0.2) is 11.0 Å². The molecule has 2 aromatic rings. The van der Waals surface area contributed by atoms with Gasteiger partial charge in [-0.15, -0.1) is 0 Å². The lowest BCUT2D eigenvalue weighted by atomic mass is 10.1. The van der Waals surface area contributed by atoms with Crippen LogP contribution in [0.25, 0.3) is 6.08 Å². The second-order valence-electron chi connectivity index (χ2n) is 6.66. The minimum Gasteiger partial charge on any atom is -0.441 e. The number of furan rings is 1. The van der Waals surface area contributed by atoms with Gasteiger partial charge in [-0.2, -0.15) is 0 Å². The number of halogens is 1. The van der Waals surface area contributed by atoms with Gasteiger partial charge in [0.25, 0.3) is 11.8 Å². The summed E-state index contributed by atoms with van der Waals surface area (Å²) in [6.45, 7) is 1.89. The lowest BCUT2D eigenvalue weighted by molar-refractivity contribution is -0.122. The molecule has 1 N–H and O–H groups in total. The highest BCUT2D eigenvalue weighted by Crippen LogP contribution is 2.26. The average molecular weight is 416 g/mol. The van der Waals surface area contributed by atoms with Crippen LogP contribution in [-0.2, 0) is 9.59 Å². The largest absolute Gasteiger partial charge is 0.441 e. The Hall–Kier alpha value is -2.64. The van der Waals surface area contributed by atoms with Crippen molar-refractivity contribution in [2.45, 2.75) is 19.3 Å². The highest BCUT2D eigenvalue weighted by atomic mass is 35.5. The van der Waals surface area contributed by atoms with Crippen molar-refractivity contribution in [3.8, 4) is 0 Å².